The van der Waals surface area contributed by atoms with Gasteiger partial charge >= 0.3 is 0 Å². The molecule has 7 nitrogen and oxygen atoms in total. The Morgan fingerprint density at radius 2 is 2.44 bits per heavy atom. The molecule has 0 aliphatic rings. The fourth-order valence-electron chi connectivity index (χ4n) is 1.31. The fourth-order valence-corrected chi connectivity index (χ4v) is 1.42. The first-order valence-corrected chi connectivity index (χ1v) is 5.56. The maximum absolute atomic E-state index is 10.4. The molecule has 98 valence electrons. The van der Waals surface area contributed by atoms with Gasteiger partial charge in [-0.3, -0.25) is 15.1 Å². The number of nitro groups is 1. The molecule has 1 aromatic rings. The van der Waals surface area contributed by atoms with Gasteiger partial charge in [0.1, 0.15) is 5.15 Å². The van der Waals surface area contributed by atoms with E-state index in [-0.39, 0.29) is 5.82 Å². The van der Waals surface area contributed by atoms with E-state index < -0.39 is 4.92 Å². The number of halogens is 1. The largest absolute Gasteiger partial charge is 0.369 e. The van der Waals surface area contributed by atoms with Gasteiger partial charge in [0, 0.05) is 19.8 Å². The summed E-state index contributed by atoms with van der Waals surface area (Å²) in [6, 6.07) is 3.52. The van der Waals surface area contributed by atoms with Crippen molar-refractivity contribution in [1.29, 1.82) is 0 Å². The first kappa shape index (κ1) is 14.2. The molecule has 0 amide bonds. The number of aromatic nitrogens is 1. The third kappa shape index (κ3) is 4.56. The van der Waals surface area contributed by atoms with Gasteiger partial charge in [-0.2, -0.15) is 0 Å². The Balaban J connectivity index is 2.57. The number of nitrogens with one attached hydrogen (secondary N) is 1. The highest BCUT2D eigenvalue weighted by Gasteiger charge is 2.08. The molecule has 0 fully saturated rings. The Bertz CT molecular complexity index is 434. The van der Waals surface area contributed by atoms with Crippen molar-refractivity contribution in [1.82, 2.24) is 15.3 Å². The second-order valence-corrected chi connectivity index (χ2v) is 3.87. The lowest BCUT2D eigenvalue weighted by atomic mass is 10.2. The smallest absolute Gasteiger partial charge is 0.275 e. The predicted octanol–water partition coefficient (Wildman–Crippen LogP) is 0.748. The van der Waals surface area contributed by atoms with E-state index in [1.54, 1.807) is 19.3 Å². The lowest BCUT2D eigenvalue weighted by Gasteiger charge is -2.19. The topological polar surface area (TPSA) is 97.3 Å². The number of hydrazine groups is 1. The maximum Gasteiger partial charge on any atom is 0.275 e. The summed E-state index contributed by atoms with van der Waals surface area (Å²) in [5.41, 5.74) is 0.950. The van der Waals surface area contributed by atoms with Crippen molar-refractivity contribution < 1.29 is 4.92 Å². The second-order valence-electron chi connectivity index (χ2n) is 3.48. The van der Waals surface area contributed by atoms with Crippen LogP contribution in [0.4, 0.5) is 0 Å². The van der Waals surface area contributed by atoms with Gasteiger partial charge in [0.05, 0.1) is 4.92 Å². The zero-order chi connectivity index (χ0) is 13.5. The van der Waals surface area contributed by atoms with E-state index in [4.69, 9.17) is 17.4 Å². The Labute approximate surface area is 109 Å². The molecule has 1 heterocycles. The van der Waals surface area contributed by atoms with E-state index in [0.29, 0.717) is 18.1 Å². The summed E-state index contributed by atoms with van der Waals surface area (Å²) in [6.07, 6.45) is 3.07. The van der Waals surface area contributed by atoms with E-state index in [1.807, 2.05) is 6.07 Å². The molecule has 0 unspecified atom stereocenters. The molecule has 8 heteroatoms. The molecular formula is C10H14ClN5O2. The zero-order valence-electron chi connectivity index (χ0n) is 9.84. The van der Waals surface area contributed by atoms with Gasteiger partial charge in [-0.05, 0) is 18.1 Å². The van der Waals surface area contributed by atoms with Gasteiger partial charge in [-0.15, -0.1) is 0 Å². The van der Waals surface area contributed by atoms with Crippen molar-refractivity contribution in [3.63, 3.8) is 0 Å². The van der Waals surface area contributed by atoms with Gasteiger partial charge in [0.25, 0.3) is 6.20 Å². The third-order valence-corrected chi connectivity index (χ3v) is 2.45. The molecule has 0 saturated carbocycles. The average Bonchev–Trinajstić information content (AvgIpc) is 2.34. The van der Waals surface area contributed by atoms with Crippen LogP contribution in [0.3, 0.4) is 0 Å². The van der Waals surface area contributed by atoms with Crippen LogP contribution in [0.25, 0.3) is 0 Å². The van der Waals surface area contributed by atoms with Gasteiger partial charge < -0.3 is 5.32 Å². The molecule has 3 N–H and O–H groups in total. The minimum Gasteiger partial charge on any atom is -0.369 e. The minimum absolute atomic E-state index is 0.238. The van der Waals surface area contributed by atoms with E-state index in [1.165, 1.54) is 5.01 Å². The number of hydrogen-bond donors (Lipinski definition) is 2. The summed E-state index contributed by atoms with van der Waals surface area (Å²) < 4.78 is 0. The highest BCUT2D eigenvalue weighted by Crippen LogP contribution is 2.06. The van der Waals surface area contributed by atoms with Crippen LogP contribution in [0.2, 0.25) is 5.15 Å². The Kier molecular flexibility index (Phi) is 5.34. The summed E-state index contributed by atoms with van der Waals surface area (Å²) in [7, 11) is 1.57. The summed E-state index contributed by atoms with van der Waals surface area (Å²) in [5, 5.41) is 14.7. The van der Waals surface area contributed by atoms with Gasteiger partial charge in [0.15, 0.2) is 5.82 Å². The number of pyridine rings is 1. The number of nitrogens with two attached hydrogens (primary N) is 1. The average molecular weight is 272 g/mol. The summed E-state index contributed by atoms with van der Waals surface area (Å²) in [5.74, 6) is 5.94. The molecule has 18 heavy (non-hydrogen) atoms. The summed E-state index contributed by atoms with van der Waals surface area (Å²) in [4.78, 5) is 13.7. The summed E-state index contributed by atoms with van der Waals surface area (Å²) in [6.45, 7) is 0.420. The van der Waals surface area contributed by atoms with Crippen LogP contribution < -0.4 is 11.2 Å². The number of hydrogen-bond acceptors (Lipinski definition) is 6. The van der Waals surface area contributed by atoms with Crippen molar-refractivity contribution >= 4 is 11.6 Å². The van der Waals surface area contributed by atoms with E-state index in [0.717, 1.165) is 11.8 Å². The highest BCUT2D eigenvalue weighted by molar-refractivity contribution is 6.29. The quantitative estimate of drug-likeness (QED) is 0.343. The number of rotatable bonds is 6. The van der Waals surface area contributed by atoms with Crippen LogP contribution in [-0.2, 0) is 6.42 Å². The van der Waals surface area contributed by atoms with Crippen molar-refractivity contribution in [2.75, 3.05) is 13.6 Å². The molecule has 0 atom stereocenters. The van der Waals surface area contributed by atoms with Crippen LogP contribution in [0.15, 0.2) is 30.4 Å². The van der Waals surface area contributed by atoms with Crippen LogP contribution >= 0.6 is 11.6 Å². The first-order valence-electron chi connectivity index (χ1n) is 5.18. The SMILES string of the molecule is CN/C(=C\[N+](=O)[O-])N(N)CCc1ccc(Cl)nc1. The molecular weight excluding hydrogens is 258 g/mol. The van der Waals surface area contributed by atoms with Crippen molar-refractivity contribution in [2.24, 2.45) is 5.84 Å². The first-order chi connectivity index (χ1) is 8.52. The van der Waals surface area contributed by atoms with Crippen molar-refractivity contribution in [3.8, 4) is 0 Å². The number of nitrogens with zero attached hydrogens (tertiary/aromatic N) is 3. The van der Waals surface area contributed by atoms with Gasteiger partial charge in [-0.25, -0.2) is 10.8 Å². The fraction of sp³-hybridized carbons (Fsp3) is 0.300. The minimum atomic E-state index is -0.560. The molecule has 1 aromatic heterocycles. The van der Waals surface area contributed by atoms with Crippen LogP contribution in [0, 0.1) is 10.1 Å². The van der Waals surface area contributed by atoms with E-state index >= 15 is 0 Å². The Morgan fingerprint density at radius 3 is 2.94 bits per heavy atom. The van der Waals surface area contributed by atoms with Crippen molar-refractivity contribution in [3.05, 3.63) is 51.2 Å². The Hall–Kier alpha value is -1.86. The van der Waals surface area contributed by atoms with Crippen LogP contribution in [-0.4, -0.2) is 28.5 Å². The normalized spacial score (nSPS) is 11.2. The zero-order valence-corrected chi connectivity index (χ0v) is 10.6. The van der Waals surface area contributed by atoms with Crippen LogP contribution in [0.1, 0.15) is 5.56 Å². The molecule has 0 aliphatic carbocycles. The van der Waals surface area contributed by atoms with Gasteiger partial charge in [0.2, 0.25) is 0 Å². The van der Waals surface area contributed by atoms with Crippen LogP contribution in [0.5, 0.6) is 0 Å². The molecule has 0 spiro atoms. The van der Waals surface area contributed by atoms with E-state index in [2.05, 4.69) is 10.3 Å². The monoisotopic (exact) mass is 271 g/mol. The molecule has 0 saturated heterocycles. The maximum atomic E-state index is 10.4. The second kappa shape index (κ2) is 6.77. The van der Waals surface area contributed by atoms with Gasteiger partial charge in [-0.1, -0.05) is 17.7 Å². The van der Waals surface area contributed by atoms with E-state index in [9.17, 15) is 10.1 Å². The predicted molar refractivity (Wildman–Crippen MR) is 68.0 cm³/mol. The molecule has 1 rings (SSSR count). The lowest BCUT2D eigenvalue weighted by Crippen LogP contribution is -2.37. The Morgan fingerprint density at radius 1 is 1.72 bits per heavy atom. The standard InChI is InChI=1S/C10H14ClN5O2/c1-13-10(7-16(17)18)15(12)5-4-8-2-3-9(11)14-6-8/h2-3,6-7,13H,4-5,12H2,1H3/b10-7+. The molecule has 0 aromatic carbocycles. The molecule has 0 aliphatic heterocycles. The lowest BCUT2D eigenvalue weighted by molar-refractivity contribution is -0.404. The summed E-state index contributed by atoms with van der Waals surface area (Å²) >= 11 is 5.66. The molecule has 0 radical (unpaired) electrons. The highest BCUT2D eigenvalue weighted by atomic mass is 35.5. The molecule has 0 bridgehead atoms. The van der Waals surface area contributed by atoms with Crippen molar-refractivity contribution in [2.45, 2.75) is 6.42 Å². The third-order valence-electron chi connectivity index (χ3n) is 2.22.